The van der Waals surface area contributed by atoms with Crippen molar-refractivity contribution in [2.24, 2.45) is 0 Å². The van der Waals surface area contributed by atoms with Crippen LogP contribution in [0.25, 0.3) is 0 Å². The molecule has 1 N–H and O–H groups in total. The summed E-state index contributed by atoms with van der Waals surface area (Å²) in [6.45, 7) is 3.80. The summed E-state index contributed by atoms with van der Waals surface area (Å²) in [5.74, 6) is 0. The fraction of sp³-hybridized carbons (Fsp3) is 0.375. The van der Waals surface area contributed by atoms with Gasteiger partial charge in [-0.25, -0.2) is 0 Å². The molecule has 0 aliphatic heterocycles. The van der Waals surface area contributed by atoms with Gasteiger partial charge >= 0.3 is 5.00 Å². The molecule has 1 aromatic heterocycles. The molecule has 1 heterocycles. The zero-order chi connectivity index (χ0) is 15.9. The largest absolute Gasteiger partial charge is 0.392 e. The number of hydrogen-bond acceptors (Lipinski definition) is 5. The second-order valence-electron chi connectivity index (χ2n) is 5.27. The van der Waals surface area contributed by atoms with E-state index in [0.717, 1.165) is 22.5 Å². The van der Waals surface area contributed by atoms with E-state index in [1.807, 2.05) is 42.6 Å². The van der Waals surface area contributed by atoms with Crippen molar-refractivity contribution in [2.45, 2.75) is 32.5 Å². The highest BCUT2D eigenvalue weighted by atomic mass is 32.1. The highest BCUT2D eigenvalue weighted by Crippen LogP contribution is 2.24. The van der Waals surface area contributed by atoms with Crippen LogP contribution < -0.4 is 0 Å². The lowest BCUT2D eigenvalue weighted by Crippen LogP contribution is -2.31. The van der Waals surface area contributed by atoms with Gasteiger partial charge in [-0.05, 0) is 17.5 Å². The van der Waals surface area contributed by atoms with E-state index in [1.54, 1.807) is 6.07 Å². The number of hydrogen-bond donors (Lipinski definition) is 1. The number of thiophene rings is 1. The number of nitrogens with zero attached hydrogens (tertiary/aromatic N) is 2. The van der Waals surface area contributed by atoms with Crippen molar-refractivity contribution in [1.82, 2.24) is 4.90 Å². The summed E-state index contributed by atoms with van der Waals surface area (Å²) in [4.78, 5) is 12.5. The van der Waals surface area contributed by atoms with Gasteiger partial charge in [0.25, 0.3) is 0 Å². The maximum absolute atomic E-state index is 10.8. The predicted octanol–water partition coefficient (Wildman–Crippen LogP) is 3.43. The molecule has 118 valence electrons. The van der Waals surface area contributed by atoms with Crippen molar-refractivity contribution in [3.63, 3.8) is 0 Å². The minimum Gasteiger partial charge on any atom is -0.392 e. The molecule has 0 aliphatic rings. The van der Waals surface area contributed by atoms with Crippen LogP contribution in [0.15, 0.2) is 41.8 Å². The molecule has 2 aromatic rings. The maximum atomic E-state index is 10.8. The fourth-order valence-electron chi connectivity index (χ4n) is 2.25. The number of benzene rings is 1. The van der Waals surface area contributed by atoms with Crippen LogP contribution in [-0.4, -0.2) is 27.6 Å². The van der Waals surface area contributed by atoms with E-state index in [9.17, 15) is 15.2 Å². The molecule has 22 heavy (non-hydrogen) atoms. The minimum absolute atomic E-state index is 0.158. The second-order valence-corrected chi connectivity index (χ2v) is 6.16. The van der Waals surface area contributed by atoms with Crippen LogP contribution in [0, 0.1) is 10.1 Å². The third-order valence-corrected chi connectivity index (χ3v) is 4.34. The van der Waals surface area contributed by atoms with Gasteiger partial charge in [0.05, 0.1) is 11.0 Å². The van der Waals surface area contributed by atoms with Crippen molar-refractivity contribution in [3.8, 4) is 0 Å². The second kappa shape index (κ2) is 8.03. The summed E-state index contributed by atoms with van der Waals surface area (Å²) in [6.07, 6.45) is 0.298. The lowest BCUT2D eigenvalue weighted by molar-refractivity contribution is -0.380. The Bertz CT molecular complexity index is 600. The molecule has 0 radical (unpaired) electrons. The third kappa shape index (κ3) is 4.91. The number of aliphatic hydroxyl groups is 1. The van der Waals surface area contributed by atoms with Crippen molar-refractivity contribution in [3.05, 3.63) is 63.0 Å². The van der Waals surface area contributed by atoms with Gasteiger partial charge in [0.2, 0.25) is 0 Å². The van der Waals surface area contributed by atoms with E-state index in [1.165, 1.54) is 0 Å². The van der Waals surface area contributed by atoms with Gasteiger partial charge in [-0.3, -0.25) is 15.0 Å². The molecule has 0 saturated heterocycles. The molecule has 6 heteroatoms. The average Bonchev–Trinajstić information content (AvgIpc) is 2.97. The van der Waals surface area contributed by atoms with Gasteiger partial charge in [-0.15, -0.1) is 0 Å². The van der Waals surface area contributed by atoms with E-state index in [2.05, 4.69) is 4.90 Å². The molecule has 0 fully saturated rings. The smallest absolute Gasteiger partial charge is 0.324 e. The van der Waals surface area contributed by atoms with Crippen LogP contribution in [0.5, 0.6) is 0 Å². The monoisotopic (exact) mass is 320 g/mol. The van der Waals surface area contributed by atoms with Gasteiger partial charge in [0.15, 0.2) is 0 Å². The minimum atomic E-state index is -0.391. The highest BCUT2D eigenvalue weighted by molar-refractivity contribution is 7.13. The molecule has 1 unspecified atom stereocenters. The fourth-order valence-corrected chi connectivity index (χ4v) is 2.97. The SMILES string of the molecule is CCC(O)CN(Cc1ccccc1)Cc1csc([N+](=O)[O-])c1. The van der Waals surface area contributed by atoms with Crippen LogP contribution in [0.2, 0.25) is 0 Å². The molecule has 0 bridgehead atoms. The average molecular weight is 320 g/mol. The first-order valence-corrected chi connectivity index (χ1v) is 8.12. The van der Waals surface area contributed by atoms with E-state index in [0.29, 0.717) is 26.1 Å². The van der Waals surface area contributed by atoms with Crippen molar-refractivity contribution >= 4 is 16.3 Å². The Kier molecular flexibility index (Phi) is 6.06. The zero-order valence-electron chi connectivity index (χ0n) is 12.5. The number of rotatable bonds is 8. The van der Waals surface area contributed by atoms with E-state index >= 15 is 0 Å². The van der Waals surface area contributed by atoms with Crippen LogP contribution in [0.4, 0.5) is 5.00 Å². The normalized spacial score (nSPS) is 12.5. The first-order chi connectivity index (χ1) is 10.6. The van der Waals surface area contributed by atoms with Gasteiger partial charge in [0.1, 0.15) is 0 Å². The Hall–Kier alpha value is -1.76. The molecule has 0 saturated carbocycles. The van der Waals surface area contributed by atoms with Gasteiger partial charge < -0.3 is 5.11 Å². The van der Waals surface area contributed by atoms with Crippen molar-refractivity contribution in [2.75, 3.05) is 6.54 Å². The summed E-state index contributed by atoms with van der Waals surface area (Å²) in [6, 6.07) is 11.6. The molecular weight excluding hydrogens is 300 g/mol. The Morgan fingerprint density at radius 2 is 1.95 bits per heavy atom. The zero-order valence-corrected chi connectivity index (χ0v) is 13.3. The van der Waals surface area contributed by atoms with E-state index in [4.69, 9.17) is 0 Å². The summed E-state index contributed by atoms with van der Waals surface area (Å²) in [5.41, 5.74) is 2.08. The first kappa shape index (κ1) is 16.6. The molecular formula is C16H20N2O3S. The topological polar surface area (TPSA) is 66.6 Å². The maximum Gasteiger partial charge on any atom is 0.324 e. The lowest BCUT2D eigenvalue weighted by atomic mass is 10.1. The summed E-state index contributed by atoms with van der Waals surface area (Å²) >= 11 is 1.14. The van der Waals surface area contributed by atoms with Crippen LogP contribution in [-0.2, 0) is 13.1 Å². The van der Waals surface area contributed by atoms with Crippen molar-refractivity contribution < 1.29 is 10.0 Å². The molecule has 0 amide bonds. The summed E-state index contributed by atoms with van der Waals surface area (Å²) in [7, 11) is 0. The Morgan fingerprint density at radius 1 is 1.27 bits per heavy atom. The number of nitro groups is 1. The number of aliphatic hydroxyl groups excluding tert-OH is 1. The molecule has 0 spiro atoms. The van der Waals surface area contributed by atoms with Crippen molar-refractivity contribution in [1.29, 1.82) is 0 Å². The Balaban J connectivity index is 2.07. The van der Waals surface area contributed by atoms with Gasteiger partial charge in [-0.2, -0.15) is 0 Å². The molecule has 1 atom stereocenters. The standard InChI is InChI=1S/C16H20N2O3S/c1-2-15(19)11-17(9-13-6-4-3-5-7-13)10-14-8-16(18(20)21)22-12-14/h3-8,12,15,19H,2,9-11H2,1H3. The third-order valence-electron chi connectivity index (χ3n) is 3.42. The van der Waals surface area contributed by atoms with Crippen LogP contribution in [0.1, 0.15) is 24.5 Å². The lowest BCUT2D eigenvalue weighted by Gasteiger charge is -2.24. The first-order valence-electron chi connectivity index (χ1n) is 7.24. The molecule has 2 rings (SSSR count). The van der Waals surface area contributed by atoms with Gasteiger partial charge in [0, 0.05) is 31.1 Å². The van der Waals surface area contributed by atoms with Crippen LogP contribution >= 0.6 is 11.3 Å². The molecule has 0 aliphatic carbocycles. The quantitative estimate of drug-likeness (QED) is 0.598. The van der Waals surface area contributed by atoms with E-state index in [-0.39, 0.29) is 9.92 Å². The van der Waals surface area contributed by atoms with Gasteiger partial charge in [-0.1, -0.05) is 48.6 Å². The summed E-state index contributed by atoms with van der Waals surface area (Å²) < 4.78 is 0. The van der Waals surface area contributed by atoms with Crippen LogP contribution in [0.3, 0.4) is 0 Å². The summed E-state index contributed by atoms with van der Waals surface area (Å²) in [5, 5.41) is 22.7. The molecule has 5 nitrogen and oxygen atoms in total. The Morgan fingerprint density at radius 3 is 2.55 bits per heavy atom. The Labute approximate surface area is 134 Å². The molecule has 1 aromatic carbocycles. The predicted molar refractivity (Wildman–Crippen MR) is 87.8 cm³/mol. The highest BCUT2D eigenvalue weighted by Gasteiger charge is 2.15. The van der Waals surface area contributed by atoms with E-state index < -0.39 is 6.10 Å².